The molecular formula is C35H43NO13. The van der Waals surface area contributed by atoms with Crippen LogP contribution in [0.5, 0.6) is 23.0 Å². The van der Waals surface area contributed by atoms with Gasteiger partial charge in [0.25, 0.3) is 0 Å². The van der Waals surface area contributed by atoms with Crippen LogP contribution in [0.15, 0.2) is 42.5 Å². The Labute approximate surface area is 282 Å². The van der Waals surface area contributed by atoms with Crippen LogP contribution in [0.1, 0.15) is 61.6 Å². The van der Waals surface area contributed by atoms with Gasteiger partial charge in [-0.3, -0.25) is 9.59 Å². The Bertz CT molecular complexity index is 1560. The molecule has 2 aromatic carbocycles. The van der Waals surface area contributed by atoms with Gasteiger partial charge in [0.2, 0.25) is 0 Å². The van der Waals surface area contributed by atoms with Crippen molar-refractivity contribution in [3.05, 3.63) is 59.2 Å². The summed E-state index contributed by atoms with van der Waals surface area (Å²) in [6, 6.07) is 6.82. The Kier molecular flexibility index (Phi) is 12.5. The summed E-state index contributed by atoms with van der Waals surface area (Å²) in [6.07, 6.45) is 1.99. The van der Waals surface area contributed by atoms with E-state index in [0.29, 0.717) is 18.4 Å². The molecule has 9 N–H and O–H groups in total. The van der Waals surface area contributed by atoms with Crippen molar-refractivity contribution in [2.75, 3.05) is 19.8 Å². The van der Waals surface area contributed by atoms with Gasteiger partial charge in [-0.15, -0.1) is 0 Å². The number of benzene rings is 2. The largest absolute Gasteiger partial charge is 0.504 e. The number of carbonyl (C=O) groups excluding carboxylic acids is 2. The van der Waals surface area contributed by atoms with Crippen LogP contribution >= 0.6 is 0 Å². The van der Waals surface area contributed by atoms with Crippen LogP contribution in [0.4, 0.5) is 0 Å². The zero-order valence-corrected chi connectivity index (χ0v) is 26.9. The molecule has 0 spiro atoms. The van der Waals surface area contributed by atoms with Gasteiger partial charge in [-0.25, -0.2) is 4.79 Å². The molecule has 2 aliphatic carbocycles. The molecule has 2 aromatic rings. The molecule has 4 unspecified atom stereocenters. The second-order valence-electron chi connectivity index (χ2n) is 12.3. The minimum atomic E-state index is -2.14. The maximum absolute atomic E-state index is 13.7. The molecule has 0 radical (unpaired) electrons. The van der Waals surface area contributed by atoms with Crippen molar-refractivity contribution in [1.29, 1.82) is 0 Å². The molecular weight excluding hydrogens is 642 g/mol. The first-order valence-corrected chi connectivity index (χ1v) is 16.0. The summed E-state index contributed by atoms with van der Waals surface area (Å²) < 4.78 is 17.2. The second kappa shape index (κ2) is 16.4. The highest BCUT2D eigenvalue weighted by atomic mass is 16.6. The van der Waals surface area contributed by atoms with Crippen LogP contribution in [-0.4, -0.2) is 103 Å². The van der Waals surface area contributed by atoms with Crippen LogP contribution in [0, 0.1) is 0 Å². The standard InChI is InChI=1S/C35H43NO13/c36-12-13-47-29-8-5-21(14-27(29)41)4-7-24(38)20-48-35(33(45)46)17-28(42)32(44)30(18-35)49-34(10-2-1-3-11-34)31(43)9-6-22-15-25(39)26(40)16-23(22)19-37/h4-9,14-16,28,30,32,37,39-42,44H,1-3,10-13,17-20,36H2,(H,45,46). The zero-order chi connectivity index (χ0) is 35.8. The summed E-state index contributed by atoms with van der Waals surface area (Å²) in [7, 11) is 0. The first-order chi connectivity index (χ1) is 23.3. The topological polar surface area (TPSA) is 247 Å². The number of rotatable bonds is 15. The van der Waals surface area contributed by atoms with Crippen molar-refractivity contribution in [3.63, 3.8) is 0 Å². The maximum atomic E-state index is 13.7. The Morgan fingerprint density at radius 3 is 2.27 bits per heavy atom. The molecule has 0 aliphatic heterocycles. The quantitative estimate of drug-likeness (QED) is 0.0987. The molecule has 0 bridgehead atoms. The average molecular weight is 686 g/mol. The van der Waals surface area contributed by atoms with Gasteiger partial charge in [0.15, 0.2) is 40.2 Å². The summed E-state index contributed by atoms with van der Waals surface area (Å²) in [5.74, 6) is -3.45. The Balaban J connectivity index is 1.50. The summed E-state index contributed by atoms with van der Waals surface area (Å²) in [5.41, 5.74) is 2.75. The van der Waals surface area contributed by atoms with Crippen molar-refractivity contribution in [1.82, 2.24) is 0 Å². The number of carboxylic acid groups (broad SMARTS) is 1. The SMILES string of the molecule is NCCOc1ccc(C=CC(=O)COC2(C(=O)O)CC(O)C(O)C(OC3(C(=O)C=Cc4cc(O)c(O)cc4CO)CCCCC3)C2)cc1O. The van der Waals surface area contributed by atoms with E-state index in [9.17, 15) is 50.1 Å². The van der Waals surface area contributed by atoms with Gasteiger partial charge in [0.1, 0.15) is 24.9 Å². The average Bonchev–Trinajstić information content (AvgIpc) is 3.08. The van der Waals surface area contributed by atoms with Gasteiger partial charge in [0, 0.05) is 19.4 Å². The lowest BCUT2D eigenvalue weighted by atomic mass is 9.77. The summed E-state index contributed by atoms with van der Waals surface area (Å²) in [6.45, 7) is -0.711. The number of carbonyl (C=O) groups is 3. The smallest absolute Gasteiger partial charge is 0.336 e. The number of hydrogen-bond donors (Lipinski definition) is 8. The van der Waals surface area contributed by atoms with Crippen molar-refractivity contribution < 1.29 is 64.3 Å². The molecule has 49 heavy (non-hydrogen) atoms. The minimum Gasteiger partial charge on any atom is -0.504 e. The number of ether oxygens (including phenoxy) is 3. The van der Waals surface area contributed by atoms with E-state index in [4.69, 9.17) is 19.9 Å². The van der Waals surface area contributed by atoms with Crippen molar-refractivity contribution in [2.45, 2.75) is 81.1 Å². The van der Waals surface area contributed by atoms with Gasteiger partial charge in [-0.05, 0) is 65.9 Å². The van der Waals surface area contributed by atoms with Crippen LogP contribution in [0.2, 0.25) is 0 Å². The first-order valence-electron chi connectivity index (χ1n) is 16.0. The number of aliphatic hydroxyl groups excluding tert-OH is 3. The van der Waals surface area contributed by atoms with Crippen molar-refractivity contribution >= 4 is 29.7 Å². The monoisotopic (exact) mass is 685 g/mol. The van der Waals surface area contributed by atoms with E-state index in [-0.39, 0.29) is 48.6 Å². The Morgan fingerprint density at radius 1 is 0.898 bits per heavy atom. The first kappa shape index (κ1) is 37.5. The second-order valence-corrected chi connectivity index (χ2v) is 12.3. The number of carboxylic acids is 1. The van der Waals surface area contributed by atoms with Gasteiger partial charge >= 0.3 is 5.97 Å². The predicted octanol–water partition coefficient (Wildman–Crippen LogP) is 1.94. The number of nitrogens with two attached hydrogens (primary N) is 1. The number of phenolic OH excluding ortho intramolecular Hbond substituents is 3. The van der Waals surface area contributed by atoms with E-state index in [1.807, 2.05) is 0 Å². The maximum Gasteiger partial charge on any atom is 0.336 e. The molecule has 0 saturated heterocycles. The molecule has 2 saturated carbocycles. The Morgan fingerprint density at radius 2 is 1.61 bits per heavy atom. The molecule has 266 valence electrons. The highest BCUT2D eigenvalue weighted by molar-refractivity contribution is 6.00. The summed E-state index contributed by atoms with van der Waals surface area (Å²) >= 11 is 0. The minimum absolute atomic E-state index is 0.163. The third-order valence-electron chi connectivity index (χ3n) is 8.85. The van der Waals surface area contributed by atoms with E-state index in [1.165, 1.54) is 42.5 Å². The lowest BCUT2D eigenvalue weighted by molar-refractivity contribution is -0.227. The molecule has 0 aromatic heterocycles. The molecule has 2 aliphatic rings. The van der Waals surface area contributed by atoms with E-state index < -0.39 is 84.6 Å². The molecule has 14 nitrogen and oxygen atoms in total. The fraction of sp³-hybridized carbons (Fsp3) is 0.457. The fourth-order valence-electron chi connectivity index (χ4n) is 6.16. The van der Waals surface area contributed by atoms with Crippen LogP contribution in [0.25, 0.3) is 12.2 Å². The molecule has 2 fully saturated rings. The lowest BCUT2D eigenvalue weighted by Gasteiger charge is -2.46. The lowest BCUT2D eigenvalue weighted by Crippen LogP contribution is -2.60. The summed E-state index contributed by atoms with van der Waals surface area (Å²) in [5, 5.41) is 71.5. The van der Waals surface area contributed by atoms with Gasteiger partial charge < -0.3 is 55.7 Å². The van der Waals surface area contributed by atoms with E-state index in [2.05, 4.69) is 0 Å². The van der Waals surface area contributed by atoms with E-state index in [0.717, 1.165) is 12.5 Å². The van der Waals surface area contributed by atoms with Crippen LogP contribution in [0.3, 0.4) is 0 Å². The van der Waals surface area contributed by atoms with Crippen molar-refractivity contribution in [3.8, 4) is 23.0 Å². The number of ketones is 2. The molecule has 0 amide bonds. The number of hydrogen-bond acceptors (Lipinski definition) is 13. The van der Waals surface area contributed by atoms with Gasteiger partial charge in [-0.1, -0.05) is 37.5 Å². The number of phenols is 3. The highest BCUT2D eigenvalue weighted by Crippen LogP contribution is 2.41. The van der Waals surface area contributed by atoms with Gasteiger partial charge in [-0.2, -0.15) is 0 Å². The van der Waals surface area contributed by atoms with Crippen LogP contribution < -0.4 is 10.5 Å². The highest BCUT2D eigenvalue weighted by Gasteiger charge is 2.54. The zero-order valence-electron chi connectivity index (χ0n) is 26.9. The molecule has 0 heterocycles. The molecule has 14 heteroatoms. The normalized spacial score (nSPS) is 23.9. The third kappa shape index (κ3) is 9.03. The number of aliphatic carboxylic acids is 1. The molecule has 4 atom stereocenters. The van der Waals surface area contributed by atoms with Crippen LogP contribution in [-0.2, 0) is 30.5 Å². The fourth-order valence-corrected chi connectivity index (χ4v) is 6.16. The predicted molar refractivity (Wildman–Crippen MR) is 175 cm³/mol. The van der Waals surface area contributed by atoms with E-state index >= 15 is 0 Å². The molecule has 4 rings (SSSR count). The third-order valence-corrected chi connectivity index (χ3v) is 8.85. The van der Waals surface area contributed by atoms with Gasteiger partial charge in [0.05, 0.1) is 18.8 Å². The van der Waals surface area contributed by atoms with E-state index in [1.54, 1.807) is 6.07 Å². The summed E-state index contributed by atoms with van der Waals surface area (Å²) in [4.78, 5) is 39.1. The number of aliphatic hydroxyl groups is 3. The van der Waals surface area contributed by atoms with Crippen molar-refractivity contribution in [2.24, 2.45) is 5.73 Å². The Hall–Kier alpha value is -4.31. The number of aromatic hydroxyl groups is 3.